The number of anilines is 1. The Labute approximate surface area is 140 Å². The van der Waals surface area contributed by atoms with Gasteiger partial charge in [-0.05, 0) is 32.0 Å². The Bertz CT molecular complexity index is 674. The molecule has 0 saturated carbocycles. The highest BCUT2D eigenvalue weighted by atomic mass is 32.1. The van der Waals surface area contributed by atoms with Gasteiger partial charge in [0, 0.05) is 32.7 Å². The van der Waals surface area contributed by atoms with E-state index in [0.29, 0.717) is 0 Å². The topological polar surface area (TPSA) is 39.7 Å². The molecule has 6 heteroatoms. The van der Waals surface area contributed by atoms with Gasteiger partial charge in [-0.15, -0.1) is 0 Å². The molecule has 5 nitrogen and oxygen atoms in total. The summed E-state index contributed by atoms with van der Waals surface area (Å²) in [5.74, 6) is 0.287. The van der Waals surface area contributed by atoms with Crippen LogP contribution in [0.2, 0.25) is 0 Å². The third-order valence-electron chi connectivity index (χ3n) is 4.88. The van der Waals surface area contributed by atoms with Crippen molar-refractivity contribution in [2.45, 2.75) is 18.9 Å². The maximum atomic E-state index is 12.9. The Morgan fingerprint density at radius 1 is 1.17 bits per heavy atom. The van der Waals surface area contributed by atoms with Crippen LogP contribution >= 0.6 is 11.3 Å². The van der Waals surface area contributed by atoms with Crippen LogP contribution in [0.15, 0.2) is 24.3 Å². The van der Waals surface area contributed by atoms with E-state index in [4.69, 9.17) is 4.98 Å². The van der Waals surface area contributed by atoms with Crippen molar-refractivity contribution in [1.29, 1.82) is 0 Å². The van der Waals surface area contributed by atoms with Gasteiger partial charge in [-0.1, -0.05) is 23.5 Å². The molecule has 1 amide bonds. The molecular formula is C17H22N4OS. The number of carbonyl (C=O) groups is 1. The summed E-state index contributed by atoms with van der Waals surface area (Å²) in [4.78, 5) is 24.2. The van der Waals surface area contributed by atoms with Gasteiger partial charge < -0.3 is 14.7 Å². The number of benzene rings is 1. The SMILES string of the molecule is CN1CCN(C(=O)C2CCCN2c2nc3ccccc3s2)CC1. The van der Waals surface area contributed by atoms with Gasteiger partial charge in [0.25, 0.3) is 0 Å². The van der Waals surface area contributed by atoms with Crippen molar-refractivity contribution in [2.24, 2.45) is 0 Å². The van der Waals surface area contributed by atoms with E-state index in [1.807, 2.05) is 23.1 Å². The molecule has 1 aromatic heterocycles. The Balaban J connectivity index is 1.55. The number of rotatable bonds is 2. The Hall–Kier alpha value is -1.66. The summed E-state index contributed by atoms with van der Waals surface area (Å²) in [7, 11) is 2.12. The molecule has 2 aliphatic rings. The molecule has 0 bridgehead atoms. The first-order valence-corrected chi connectivity index (χ1v) is 9.13. The van der Waals surface area contributed by atoms with Crippen molar-refractivity contribution in [2.75, 3.05) is 44.7 Å². The van der Waals surface area contributed by atoms with Crippen molar-refractivity contribution in [3.63, 3.8) is 0 Å². The van der Waals surface area contributed by atoms with Crippen LogP contribution in [0.3, 0.4) is 0 Å². The van der Waals surface area contributed by atoms with E-state index < -0.39 is 0 Å². The standard InChI is InChI=1S/C17H22N4OS/c1-19-9-11-20(12-10-19)16(22)14-6-4-8-21(14)17-18-13-5-2-3-7-15(13)23-17/h2-3,5,7,14H,4,6,8-12H2,1H3. The number of aromatic nitrogens is 1. The van der Waals surface area contributed by atoms with Crippen LogP contribution in [0.25, 0.3) is 10.2 Å². The van der Waals surface area contributed by atoms with E-state index in [-0.39, 0.29) is 11.9 Å². The van der Waals surface area contributed by atoms with E-state index in [0.717, 1.165) is 56.2 Å². The number of nitrogens with zero attached hydrogens (tertiary/aromatic N) is 4. The molecule has 122 valence electrons. The molecule has 0 N–H and O–H groups in total. The van der Waals surface area contributed by atoms with Crippen molar-refractivity contribution in [3.8, 4) is 0 Å². The van der Waals surface area contributed by atoms with Crippen molar-refractivity contribution >= 4 is 32.6 Å². The lowest BCUT2D eigenvalue weighted by molar-refractivity contribution is -0.134. The highest BCUT2D eigenvalue weighted by Crippen LogP contribution is 2.33. The summed E-state index contributed by atoms with van der Waals surface area (Å²) in [6.45, 7) is 4.57. The molecule has 2 aromatic rings. The maximum absolute atomic E-state index is 12.9. The number of para-hydroxylation sites is 1. The fourth-order valence-electron chi connectivity index (χ4n) is 3.47. The van der Waals surface area contributed by atoms with Crippen LogP contribution in [0.5, 0.6) is 0 Å². The van der Waals surface area contributed by atoms with E-state index in [1.54, 1.807) is 11.3 Å². The predicted molar refractivity (Wildman–Crippen MR) is 94.1 cm³/mol. The molecule has 4 rings (SSSR count). The van der Waals surface area contributed by atoms with E-state index in [1.165, 1.54) is 4.70 Å². The summed E-state index contributed by atoms with van der Waals surface area (Å²) in [6, 6.07) is 8.18. The van der Waals surface area contributed by atoms with Gasteiger partial charge in [-0.25, -0.2) is 4.98 Å². The molecule has 0 aliphatic carbocycles. The number of amides is 1. The third kappa shape index (κ3) is 2.81. The summed E-state index contributed by atoms with van der Waals surface area (Å²) in [6.07, 6.45) is 2.02. The van der Waals surface area contributed by atoms with E-state index in [9.17, 15) is 4.79 Å². The van der Waals surface area contributed by atoms with Gasteiger partial charge in [0.2, 0.25) is 5.91 Å². The first kappa shape index (κ1) is 14.9. The largest absolute Gasteiger partial charge is 0.338 e. The normalized spacial score (nSPS) is 22.9. The lowest BCUT2D eigenvalue weighted by Crippen LogP contribution is -2.52. The molecule has 3 heterocycles. The maximum Gasteiger partial charge on any atom is 0.245 e. The van der Waals surface area contributed by atoms with Gasteiger partial charge in [0.15, 0.2) is 5.13 Å². The fraction of sp³-hybridized carbons (Fsp3) is 0.529. The van der Waals surface area contributed by atoms with Gasteiger partial charge in [-0.2, -0.15) is 0 Å². The average Bonchev–Trinajstić information content (AvgIpc) is 3.21. The molecule has 0 radical (unpaired) electrons. The number of hydrogen-bond acceptors (Lipinski definition) is 5. The zero-order chi connectivity index (χ0) is 15.8. The van der Waals surface area contributed by atoms with Crippen LogP contribution in [0.4, 0.5) is 5.13 Å². The smallest absolute Gasteiger partial charge is 0.245 e. The van der Waals surface area contributed by atoms with Crippen molar-refractivity contribution < 1.29 is 4.79 Å². The molecular weight excluding hydrogens is 308 g/mol. The highest BCUT2D eigenvalue weighted by Gasteiger charge is 2.36. The second-order valence-corrected chi connectivity index (χ2v) is 7.45. The Morgan fingerprint density at radius 3 is 2.74 bits per heavy atom. The average molecular weight is 330 g/mol. The predicted octanol–water partition coefficient (Wildman–Crippen LogP) is 2.04. The zero-order valence-corrected chi connectivity index (χ0v) is 14.3. The molecule has 1 atom stereocenters. The lowest BCUT2D eigenvalue weighted by Gasteiger charge is -2.35. The Morgan fingerprint density at radius 2 is 1.96 bits per heavy atom. The Kier molecular flexibility index (Phi) is 3.95. The zero-order valence-electron chi connectivity index (χ0n) is 13.4. The van der Waals surface area contributed by atoms with Crippen LogP contribution < -0.4 is 4.90 Å². The monoisotopic (exact) mass is 330 g/mol. The third-order valence-corrected chi connectivity index (χ3v) is 5.95. The van der Waals surface area contributed by atoms with E-state index >= 15 is 0 Å². The molecule has 1 aromatic carbocycles. The van der Waals surface area contributed by atoms with Crippen molar-refractivity contribution in [1.82, 2.24) is 14.8 Å². The summed E-state index contributed by atoms with van der Waals surface area (Å²) >= 11 is 1.70. The number of thiazole rings is 1. The lowest BCUT2D eigenvalue weighted by atomic mass is 10.2. The quantitative estimate of drug-likeness (QED) is 0.845. The minimum Gasteiger partial charge on any atom is -0.338 e. The van der Waals surface area contributed by atoms with Gasteiger partial charge in [-0.3, -0.25) is 4.79 Å². The van der Waals surface area contributed by atoms with E-state index in [2.05, 4.69) is 22.9 Å². The van der Waals surface area contributed by atoms with Gasteiger partial charge >= 0.3 is 0 Å². The second kappa shape index (κ2) is 6.09. The van der Waals surface area contributed by atoms with Gasteiger partial charge in [0.05, 0.1) is 10.2 Å². The molecule has 2 fully saturated rings. The summed E-state index contributed by atoms with van der Waals surface area (Å²) in [5, 5.41) is 0.996. The van der Waals surface area contributed by atoms with Crippen LogP contribution in [0, 0.1) is 0 Å². The first-order chi connectivity index (χ1) is 11.2. The van der Waals surface area contributed by atoms with Crippen molar-refractivity contribution in [3.05, 3.63) is 24.3 Å². The minimum atomic E-state index is -0.0287. The molecule has 2 saturated heterocycles. The molecule has 0 spiro atoms. The second-order valence-electron chi connectivity index (χ2n) is 6.44. The molecule has 23 heavy (non-hydrogen) atoms. The van der Waals surface area contributed by atoms with Gasteiger partial charge in [0.1, 0.15) is 6.04 Å². The number of piperazine rings is 1. The molecule has 1 unspecified atom stereocenters. The summed E-state index contributed by atoms with van der Waals surface area (Å²) in [5.41, 5.74) is 1.03. The number of fused-ring (bicyclic) bond motifs is 1. The number of carbonyl (C=O) groups excluding carboxylic acids is 1. The number of hydrogen-bond donors (Lipinski definition) is 0. The first-order valence-electron chi connectivity index (χ1n) is 8.32. The highest BCUT2D eigenvalue weighted by molar-refractivity contribution is 7.22. The summed E-state index contributed by atoms with van der Waals surface area (Å²) < 4.78 is 1.19. The van der Waals surface area contributed by atoms with Crippen LogP contribution in [0.1, 0.15) is 12.8 Å². The number of likely N-dealkylation sites (N-methyl/N-ethyl adjacent to an activating group) is 1. The minimum absolute atomic E-state index is 0.0287. The molecule has 2 aliphatic heterocycles. The fourth-order valence-corrected chi connectivity index (χ4v) is 4.51. The van der Waals surface area contributed by atoms with Crippen LogP contribution in [-0.4, -0.2) is 66.5 Å². The van der Waals surface area contributed by atoms with Crippen LogP contribution in [-0.2, 0) is 4.79 Å².